The van der Waals surface area contributed by atoms with Crippen molar-refractivity contribution in [2.45, 2.75) is 23.3 Å². The molecule has 0 saturated heterocycles. The number of nitrogens with zero attached hydrogens (tertiary/aromatic N) is 2. The molecular formula is C14H18N2O4S3. The van der Waals surface area contributed by atoms with Crippen LogP contribution in [0.2, 0.25) is 0 Å². The van der Waals surface area contributed by atoms with Crippen molar-refractivity contribution in [1.29, 1.82) is 0 Å². The van der Waals surface area contributed by atoms with Gasteiger partial charge < -0.3 is 4.90 Å². The maximum Gasteiger partial charge on any atom is 0.177 e. The smallest absolute Gasteiger partial charge is 0.177 e. The first-order chi connectivity index (χ1) is 10.5. The van der Waals surface area contributed by atoms with Crippen LogP contribution in [-0.4, -0.2) is 41.4 Å². The van der Waals surface area contributed by atoms with Crippen molar-refractivity contribution >= 4 is 36.7 Å². The highest BCUT2D eigenvalue weighted by Gasteiger charge is 2.20. The van der Waals surface area contributed by atoms with Crippen LogP contribution in [0.15, 0.2) is 33.4 Å². The first-order valence-electron chi connectivity index (χ1n) is 6.65. The molecule has 1 heterocycles. The lowest BCUT2D eigenvalue weighted by Crippen LogP contribution is -2.19. The van der Waals surface area contributed by atoms with E-state index in [2.05, 4.69) is 4.98 Å². The fourth-order valence-electron chi connectivity index (χ4n) is 2.15. The molecule has 0 spiro atoms. The van der Waals surface area contributed by atoms with Gasteiger partial charge in [0.05, 0.1) is 32.7 Å². The monoisotopic (exact) mass is 374 g/mol. The van der Waals surface area contributed by atoms with Crippen LogP contribution in [-0.2, 0) is 26.2 Å². The Bertz CT molecular complexity index is 931. The van der Waals surface area contributed by atoms with Gasteiger partial charge in [-0.3, -0.25) is 0 Å². The fourth-order valence-corrected chi connectivity index (χ4v) is 4.42. The topological polar surface area (TPSA) is 84.4 Å². The zero-order valence-corrected chi connectivity index (χ0v) is 15.7. The third-order valence-corrected chi connectivity index (χ3v) is 6.29. The number of benzene rings is 1. The van der Waals surface area contributed by atoms with Gasteiger partial charge in [0.25, 0.3) is 0 Å². The number of aromatic nitrogens is 1. The van der Waals surface area contributed by atoms with Crippen LogP contribution >= 0.6 is 11.3 Å². The summed E-state index contributed by atoms with van der Waals surface area (Å²) in [6, 6.07) is 4.15. The Morgan fingerprint density at radius 1 is 1.13 bits per heavy atom. The van der Waals surface area contributed by atoms with Crippen molar-refractivity contribution in [3.8, 4) is 0 Å². The van der Waals surface area contributed by atoms with E-state index >= 15 is 0 Å². The molecule has 2 aromatic rings. The number of hydrogen-bond acceptors (Lipinski definition) is 7. The summed E-state index contributed by atoms with van der Waals surface area (Å²) in [5.41, 5.74) is 1.28. The summed E-state index contributed by atoms with van der Waals surface area (Å²) in [5, 5.41) is 2.85. The SMILES string of the molecule is Cc1nc(CN(C)c2ccc(S(C)(=O)=O)cc2S(C)(=O)=O)cs1. The van der Waals surface area contributed by atoms with Crippen molar-refractivity contribution in [1.82, 2.24) is 4.98 Å². The molecule has 0 N–H and O–H groups in total. The van der Waals surface area contributed by atoms with Crippen LogP contribution in [0, 0.1) is 6.92 Å². The van der Waals surface area contributed by atoms with E-state index in [-0.39, 0.29) is 9.79 Å². The van der Waals surface area contributed by atoms with Gasteiger partial charge in [0.2, 0.25) is 0 Å². The van der Waals surface area contributed by atoms with Crippen molar-refractivity contribution in [2.24, 2.45) is 0 Å². The Morgan fingerprint density at radius 3 is 2.26 bits per heavy atom. The minimum absolute atomic E-state index is 0.00474. The van der Waals surface area contributed by atoms with Gasteiger partial charge >= 0.3 is 0 Å². The maximum absolute atomic E-state index is 12.1. The fraction of sp³-hybridized carbons (Fsp3) is 0.357. The molecule has 0 amide bonds. The van der Waals surface area contributed by atoms with Crippen molar-refractivity contribution in [3.63, 3.8) is 0 Å². The zero-order chi connectivity index (χ0) is 17.4. The highest BCUT2D eigenvalue weighted by molar-refractivity contribution is 7.91. The molecule has 0 saturated carbocycles. The second-order valence-electron chi connectivity index (χ2n) is 5.39. The summed E-state index contributed by atoms with van der Waals surface area (Å²) in [7, 11) is -5.30. The van der Waals surface area contributed by atoms with E-state index in [9.17, 15) is 16.8 Å². The van der Waals surface area contributed by atoms with Gasteiger partial charge in [-0.25, -0.2) is 21.8 Å². The van der Waals surface area contributed by atoms with Gasteiger partial charge in [0, 0.05) is 24.9 Å². The molecule has 0 bridgehead atoms. The highest BCUT2D eigenvalue weighted by atomic mass is 32.2. The molecule has 23 heavy (non-hydrogen) atoms. The third kappa shape index (κ3) is 4.30. The normalized spacial score (nSPS) is 12.3. The lowest BCUT2D eigenvalue weighted by atomic mass is 10.3. The van der Waals surface area contributed by atoms with Gasteiger partial charge in [-0.1, -0.05) is 0 Å². The first-order valence-corrected chi connectivity index (χ1v) is 11.3. The third-order valence-electron chi connectivity index (χ3n) is 3.24. The molecule has 126 valence electrons. The summed E-state index contributed by atoms with van der Waals surface area (Å²) in [6.45, 7) is 2.34. The number of anilines is 1. The number of sulfone groups is 2. The Labute approximate surface area is 140 Å². The molecule has 2 rings (SSSR count). The lowest BCUT2D eigenvalue weighted by molar-refractivity contribution is 0.600. The Hall–Kier alpha value is -1.45. The van der Waals surface area contributed by atoms with E-state index < -0.39 is 19.7 Å². The lowest BCUT2D eigenvalue weighted by Gasteiger charge is -2.21. The number of aryl methyl sites for hydroxylation is 1. The van der Waals surface area contributed by atoms with E-state index in [1.807, 2.05) is 12.3 Å². The summed E-state index contributed by atoms with van der Waals surface area (Å²) >= 11 is 1.52. The first kappa shape index (κ1) is 17.9. The van der Waals surface area contributed by atoms with Gasteiger partial charge in [-0.15, -0.1) is 11.3 Å². The average Bonchev–Trinajstić information content (AvgIpc) is 2.81. The van der Waals surface area contributed by atoms with Crippen molar-refractivity contribution in [3.05, 3.63) is 34.3 Å². The Balaban J connectivity index is 2.49. The van der Waals surface area contributed by atoms with E-state index in [0.717, 1.165) is 23.2 Å². The molecular weight excluding hydrogens is 356 g/mol. The molecule has 6 nitrogen and oxygen atoms in total. The maximum atomic E-state index is 12.1. The molecule has 0 fully saturated rings. The number of rotatable bonds is 5. The van der Waals surface area contributed by atoms with E-state index in [0.29, 0.717) is 12.2 Å². The van der Waals surface area contributed by atoms with E-state index in [1.54, 1.807) is 11.9 Å². The average molecular weight is 375 g/mol. The molecule has 0 atom stereocenters. The standard InChI is InChI=1S/C14H18N2O4S3/c1-10-15-11(9-21-10)8-16(2)13-6-5-12(22(3,17)18)7-14(13)23(4,19)20/h5-7,9H,8H2,1-4H3. The minimum atomic E-state index is -3.57. The van der Waals surface area contributed by atoms with Crippen LogP contribution < -0.4 is 4.90 Å². The molecule has 0 aliphatic heterocycles. The molecule has 1 aromatic carbocycles. The summed E-state index contributed by atoms with van der Waals surface area (Å²) in [6.07, 6.45) is 2.12. The molecule has 0 aliphatic carbocycles. The Kier molecular flexibility index (Phi) is 4.84. The Morgan fingerprint density at radius 2 is 1.78 bits per heavy atom. The largest absolute Gasteiger partial charge is 0.368 e. The van der Waals surface area contributed by atoms with Gasteiger partial charge in [0.1, 0.15) is 0 Å². The minimum Gasteiger partial charge on any atom is -0.368 e. The van der Waals surface area contributed by atoms with Crippen LogP contribution in [0.1, 0.15) is 10.7 Å². The van der Waals surface area contributed by atoms with Gasteiger partial charge in [-0.05, 0) is 25.1 Å². The molecule has 9 heteroatoms. The van der Waals surface area contributed by atoms with Gasteiger partial charge in [0.15, 0.2) is 19.7 Å². The summed E-state index contributed by atoms with van der Waals surface area (Å²) < 4.78 is 47.5. The van der Waals surface area contributed by atoms with Crippen LogP contribution in [0.25, 0.3) is 0 Å². The predicted molar refractivity (Wildman–Crippen MR) is 91.6 cm³/mol. The van der Waals surface area contributed by atoms with Crippen LogP contribution in [0.4, 0.5) is 5.69 Å². The second-order valence-corrected chi connectivity index (χ2v) is 10.4. The quantitative estimate of drug-likeness (QED) is 0.795. The summed E-state index contributed by atoms with van der Waals surface area (Å²) in [4.78, 5) is 6.08. The van der Waals surface area contributed by atoms with Crippen molar-refractivity contribution in [2.75, 3.05) is 24.5 Å². The predicted octanol–water partition coefficient (Wildman–Crippen LogP) is 1.89. The van der Waals surface area contributed by atoms with Crippen molar-refractivity contribution < 1.29 is 16.8 Å². The summed E-state index contributed by atoms with van der Waals surface area (Å²) in [5.74, 6) is 0. The second kappa shape index (κ2) is 6.21. The molecule has 0 aliphatic rings. The van der Waals surface area contributed by atoms with Crippen LogP contribution in [0.5, 0.6) is 0 Å². The van der Waals surface area contributed by atoms with E-state index in [4.69, 9.17) is 0 Å². The van der Waals surface area contributed by atoms with E-state index in [1.165, 1.54) is 29.5 Å². The zero-order valence-electron chi connectivity index (χ0n) is 13.3. The number of hydrogen-bond donors (Lipinski definition) is 0. The van der Waals surface area contributed by atoms with Gasteiger partial charge in [-0.2, -0.15) is 0 Å². The highest BCUT2D eigenvalue weighted by Crippen LogP contribution is 2.28. The number of thiazole rings is 1. The molecule has 0 radical (unpaired) electrons. The molecule has 1 aromatic heterocycles. The van der Waals surface area contributed by atoms with Crippen LogP contribution in [0.3, 0.4) is 0 Å². The molecule has 0 unspecified atom stereocenters.